The van der Waals surface area contributed by atoms with E-state index >= 15 is 0 Å². The molecule has 1 unspecified atom stereocenters. The number of aromatic nitrogens is 2. The third-order valence-corrected chi connectivity index (χ3v) is 5.14. The molecule has 2 aliphatic carbocycles. The number of hydrogen-bond donors (Lipinski definition) is 1. The Bertz CT molecular complexity index is 681. The standard InChI is InChI=1S/C19H25N3O2/c23-12-4-11-22(13-18-20-19(24-21-18)15-9-10-15)17-8-3-6-14-5-1-2-7-16(14)17/h1-2,5,7,15,17,23H,3-4,6,8-13H2. The van der Waals surface area contributed by atoms with Gasteiger partial charge in [0, 0.05) is 25.1 Å². The molecule has 1 atom stereocenters. The predicted octanol–water partition coefficient (Wildman–Crippen LogP) is 3.21. The average molecular weight is 327 g/mol. The highest BCUT2D eigenvalue weighted by Gasteiger charge is 2.31. The molecule has 0 radical (unpaired) electrons. The molecule has 0 aliphatic heterocycles. The second kappa shape index (κ2) is 7.03. The maximum Gasteiger partial charge on any atom is 0.229 e. The Morgan fingerprint density at radius 3 is 2.92 bits per heavy atom. The van der Waals surface area contributed by atoms with Crippen LogP contribution in [0, 0.1) is 0 Å². The van der Waals surface area contributed by atoms with Crippen molar-refractivity contribution in [2.75, 3.05) is 13.2 Å². The lowest BCUT2D eigenvalue weighted by Crippen LogP contribution is -2.32. The highest BCUT2D eigenvalue weighted by Crippen LogP contribution is 2.39. The summed E-state index contributed by atoms with van der Waals surface area (Å²) in [6.07, 6.45) is 6.63. The molecule has 24 heavy (non-hydrogen) atoms. The molecule has 5 nitrogen and oxygen atoms in total. The summed E-state index contributed by atoms with van der Waals surface area (Å²) in [6, 6.07) is 9.12. The van der Waals surface area contributed by atoms with Crippen LogP contribution in [0.4, 0.5) is 0 Å². The van der Waals surface area contributed by atoms with Gasteiger partial charge in [-0.25, -0.2) is 0 Å². The Hall–Kier alpha value is -1.72. The molecule has 1 heterocycles. The summed E-state index contributed by atoms with van der Waals surface area (Å²) < 4.78 is 5.41. The molecule has 1 aromatic heterocycles. The lowest BCUT2D eigenvalue weighted by molar-refractivity contribution is 0.147. The number of hydrogen-bond acceptors (Lipinski definition) is 5. The molecule has 2 aromatic rings. The van der Waals surface area contributed by atoms with Crippen molar-refractivity contribution >= 4 is 0 Å². The number of aliphatic hydroxyl groups is 1. The molecular formula is C19H25N3O2. The summed E-state index contributed by atoms with van der Waals surface area (Å²) in [5.41, 5.74) is 2.88. The van der Waals surface area contributed by atoms with E-state index in [0.29, 0.717) is 18.5 Å². The van der Waals surface area contributed by atoms with Gasteiger partial charge in [0.2, 0.25) is 5.89 Å². The summed E-state index contributed by atoms with van der Waals surface area (Å²) in [6.45, 7) is 1.75. The van der Waals surface area contributed by atoms with Crippen molar-refractivity contribution in [1.29, 1.82) is 0 Å². The average Bonchev–Trinajstić information content (AvgIpc) is 3.37. The van der Waals surface area contributed by atoms with Crippen molar-refractivity contribution in [2.45, 2.75) is 57.0 Å². The first-order valence-corrected chi connectivity index (χ1v) is 9.10. The minimum atomic E-state index is 0.213. The van der Waals surface area contributed by atoms with Crippen LogP contribution in [-0.2, 0) is 13.0 Å². The maximum atomic E-state index is 9.28. The zero-order chi connectivity index (χ0) is 16.4. The molecule has 1 N–H and O–H groups in total. The highest BCUT2D eigenvalue weighted by atomic mass is 16.5. The van der Waals surface area contributed by atoms with E-state index < -0.39 is 0 Å². The van der Waals surface area contributed by atoms with Gasteiger partial charge in [-0.05, 0) is 49.7 Å². The topological polar surface area (TPSA) is 62.4 Å². The molecule has 2 aliphatic rings. The summed E-state index contributed by atoms with van der Waals surface area (Å²) in [5, 5.41) is 13.5. The Morgan fingerprint density at radius 1 is 1.21 bits per heavy atom. The van der Waals surface area contributed by atoms with E-state index in [-0.39, 0.29) is 6.61 Å². The van der Waals surface area contributed by atoms with E-state index in [9.17, 15) is 5.11 Å². The second-order valence-corrected chi connectivity index (χ2v) is 6.98. The van der Waals surface area contributed by atoms with Crippen LogP contribution in [-0.4, -0.2) is 33.3 Å². The van der Waals surface area contributed by atoms with Gasteiger partial charge < -0.3 is 9.63 Å². The quantitative estimate of drug-likeness (QED) is 0.846. The molecule has 4 rings (SSSR count). The van der Waals surface area contributed by atoms with Gasteiger partial charge in [0.15, 0.2) is 5.82 Å². The molecule has 1 fully saturated rings. The van der Waals surface area contributed by atoms with Crippen molar-refractivity contribution < 1.29 is 9.63 Å². The number of aryl methyl sites for hydroxylation is 1. The lowest BCUT2D eigenvalue weighted by atomic mass is 9.86. The molecular weight excluding hydrogens is 302 g/mol. The monoisotopic (exact) mass is 327 g/mol. The molecule has 0 bridgehead atoms. The van der Waals surface area contributed by atoms with E-state index in [4.69, 9.17) is 4.52 Å². The van der Waals surface area contributed by atoms with Crippen molar-refractivity contribution in [3.63, 3.8) is 0 Å². The van der Waals surface area contributed by atoms with Gasteiger partial charge in [0.25, 0.3) is 0 Å². The number of nitrogens with zero attached hydrogens (tertiary/aromatic N) is 3. The van der Waals surface area contributed by atoms with Crippen LogP contribution in [0.25, 0.3) is 0 Å². The van der Waals surface area contributed by atoms with Crippen molar-refractivity contribution in [3.05, 3.63) is 47.1 Å². The van der Waals surface area contributed by atoms with Crippen molar-refractivity contribution in [2.24, 2.45) is 0 Å². The maximum absolute atomic E-state index is 9.28. The SMILES string of the molecule is OCCCN(Cc1noc(C2CC2)n1)C1CCCc2ccccc21. The van der Waals surface area contributed by atoms with Gasteiger partial charge >= 0.3 is 0 Å². The molecule has 1 aromatic carbocycles. The lowest BCUT2D eigenvalue weighted by Gasteiger charge is -2.35. The third kappa shape index (κ3) is 3.37. The van der Waals surface area contributed by atoms with Crippen LogP contribution in [0.15, 0.2) is 28.8 Å². The zero-order valence-electron chi connectivity index (χ0n) is 14.0. The fourth-order valence-electron chi connectivity index (χ4n) is 3.74. The fourth-order valence-corrected chi connectivity index (χ4v) is 3.74. The molecule has 0 saturated heterocycles. The Morgan fingerprint density at radius 2 is 2.08 bits per heavy atom. The number of fused-ring (bicyclic) bond motifs is 1. The van der Waals surface area contributed by atoms with E-state index in [1.54, 1.807) is 0 Å². The van der Waals surface area contributed by atoms with Gasteiger partial charge in [0.1, 0.15) is 0 Å². The third-order valence-electron chi connectivity index (χ3n) is 5.14. The first-order chi connectivity index (χ1) is 11.8. The Labute approximate surface area is 142 Å². The van der Waals surface area contributed by atoms with E-state index in [2.05, 4.69) is 39.3 Å². The van der Waals surface area contributed by atoms with E-state index in [1.807, 2.05) is 0 Å². The van der Waals surface area contributed by atoms with Crippen LogP contribution in [0.5, 0.6) is 0 Å². The summed E-state index contributed by atoms with van der Waals surface area (Å²) in [7, 11) is 0. The van der Waals surface area contributed by atoms with Gasteiger partial charge in [0.05, 0.1) is 6.54 Å². The summed E-state index contributed by atoms with van der Waals surface area (Å²) in [5.74, 6) is 2.07. The van der Waals surface area contributed by atoms with E-state index in [0.717, 1.165) is 37.5 Å². The normalized spacial score (nSPS) is 20.3. The van der Waals surface area contributed by atoms with Gasteiger partial charge in [-0.3, -0.25) is 4.90 Å². The minimum Gasteiger partial charge on any atom is -0.396 e. The fraction of sp³-hybridized carbons (Fsp3) is 0.579. The summed E-state index contributed by atoms with van der Waals surface area (Å²) in [4.78, 5) is 7.00. The summed E-state index contributed by atoms with van der Waals surface area (Å²) >= 11 is 0. The van der Waals surface area contributed by atoms with Gasteiger partial charge in [-0.15, -0.1) is 0 Å². The van der Waals surface area contributed by atoms with Crippen LogP contribution < -0.4 is 0 Å². The molecule has 0 spiro atoms. The Balaban J connectivity index is 1.54. The van der Waals surface area contributed by atoms with Gasteiger partial charge in [-0.2, -0.15) is 4.98 Å². The van der Waals surface area contributed by atoms with Crippen LogP contribution in [0.2, 0.25) is 0 Å². The smallest absolute Gasteiger partial charge is 0.229 e. The minimum absolute atomic E-state index is 0.213. The van der Waals surface area contributed by atoms with E-state index in [1.165, 1.54) is 30.4 Å². The van der Waals surface area contributed by atoms with Crippen molar-refractivity contribution in [1.82, 2.24) is 15.0 Å². The first kappa shape index (κ1) is 15.8. The predicted molar refractivity (Wildman–Crippen MR) is 90.5 cm³/mol. The molecule has 0 amide bonds. The van der Waals surface area contributed by atoms with Crippen molar-refractivity contribution in [3.8, 4) is 0 Å². The van der Waals surface area contributed by atoms with Crippen LogP contribution >= 0.6 is 0 Å². The van der Waals surface area contributed by atoms with Crippen LogP contribution in [0.3, 0.4) is 0 Å². The van der Waals surface area contributed by atoms with Gasteiger partial charge in [-0.1, -0.05) is 29.4 Å². The zero-order valence-corrected chi connectivity index (χ0v) is 14.0. The Kier molecular flexibility index (Phi) is 4.63. The molecule has 5 heteroatoms. The number of rotatable bonds is 7. The second-order valence-electron chi connectivity index (χ2n) is 6.98. The first-order valence-electron chi connectivity index (χ1n) is 9.10. The number of benzene rings is 1. The molecule has 128 valence electrons. The highest BCUT2D eigenvalue weighted by molar-refractivity contribution is 5.32. The molecule has 1 saturated carbocycles. The number of aliphatic hydroxyl groups excluding tert-OH is 1. The van der Waals surface area contributed by atoms with Crippen LogP contribution in [0.1, 0.15) is 66.9 Å². The largest absolute Gasteiger partial charge is 0.396 e.